The lowest BCUT2D eigenvalue weighted by atomic mass is 9.67. The largest absolute Gasteiger partial charge is 1.00 e. The van der Waals surface area contributed by atoms with E-state index in [9.17, 15) is 5.11 Å². The summed E-state index contributed by atoms with van der Waals surface area (Å²) in [5.41, 5.74) is 2.90. The second-order valence-corrected chi connectivity index (χ2v) is 7.92. The highest BCUT2D eigenvalue weighted by atomic mass is 127. The standard InChI is InChI=1S/C21H28NO.HI/c1-21(23)18-13-9-8-10-16(18)14-15-19(21)20(22(2,3)4)17-11-6-5-7-12-17;/h5-13,19-20,23H,14-15H2,1-4H3;1H/q+1;/p-1/t19-,20-,21-;/m0./s1. The summed E-state index contributed by atoms with van der Waals surface area (Å²) in [7, 11) is 6.69. The lowest BCUT2D eigenvalue weighted by Gasteiger charge is -2.47. The predicted octanol–water partition coefficient (Wildman–Crippen LogP) is 0.908. The Kier molecular flexibility index (Phi) is 5.78. The molecule has 2 nitrogen and oxygen atoms in total. The third kappa shape index (κ3) is 3.53. The maximum absolute atomic E-state index is 11.5. The highest BCUT2D eigenvalue weighted by Gasteiger charge is 2.48. The van der Waals surface area contributed by atoms with Crippen LogP contribution in [0.15, 0.2) is 54.6 Å². The van der Waals surface area contributed by atoms with Crippen molar-refractivity contribution in [2.75, 3.05) is 21.1 Å². The molecule has 0 fully saturated rings. The van der Waals surface area contributed by atoms with Gasteiger partial charge in [-0.25, -0.2) is 0 Å². The first-order valence-corrected chi connectivity index (χ1v) is 8.48. The van der Waals surface area contributed by atoms with Gasteiger partial charge in [0.25, 0.3) is 0 Å². The van der Waals surface area contributed by atoms with Crippen LogP contribution in [-0.2, 0) is 12.0 Å². The predicted molar refractivity (Wildman–Crippen MR) is 95.0 cm³/mol. The molecular formula is C21H28INO. The first-order valence-electron chi connectivity index (χ1n) is 8.48. The van der Waals surface area contributed by atoms with E-state index in [1.165, 1.54) is 11.1 Å². The van der Waals surface area contributed by atoms with Crippen LogP contribution in [0, 0.1) is 5.92 Å². The number of hydrogen-bond acceptors (Lipinski definition) is 1. The van der Waals surface area contributed by atoms with Crippen molar-refractivity contribution in [2.24, 2.45) is 5.92 Å². The molecule has 1 aliphatic rings. The Morgan fingerprint density at radius 3 is 2.21 bits per heavy atom. The van der Waals surface area contributed by atoms with E-state index in [1.807, 2.05) is 13.0 Å². The van der Waals surface area contributed by atoms with Gasteiger partial charge in [-0.2, -0.15) is 0 Å². The number of rotatable bonds is 3. The van der Waals surface area contributed by atoms with E-state index in [0.717, 1.165) is 22.9 Å². The highest BCUT2D eigenvalue weighted by Crippen LogP contribution is 2.48. The van der Waals surface area contributed by atoms with Crippen molar-refractivity contribution in [3.8, 4) is 0 Å². The van der Waals surface area contributed by atoms with E-state index in [0.29, 0.717) is 0 Å². The minimum absolute atomic E-state index is 0. The van der Waals surface area contributed by atoms with Crippen molar-refractivity contribution in [3.63, 3.8) is 0 Å². The maximum atomic E-state index is 11.5. The van der Waals surface area contributed by atoms with Crippen molar-refractivity contribution in [2.45, 2.75) is 31.4 Å². The number of hydrogen-bond donors (Lipinski definition) is 1. The molecule has 0 unspecified atom stereocenters. The molecule has 0 radical (unpaired) electrons. The normalized spacial score (nSPS) is 24.6. The van der Waals surface area contributed by atoms with Crippen LogP contribution in [0.5, 0.6) is 0 Å². The van der Waals surface area contributed by atoms with E-state index >= 15 is 0 Å². The first kappa shape index (κ1) is 19.4. The fourth-order valence-electron chi connectivity index (χ4n) is 4.36. The van der Waals surface area contributed by atoms with Gasteiger partial charge < -0.3 is 33.6 Å². The third-order valence-electron chi connectivity index (χ3n) is 5.37. The van der Waals surface area contributed by atoms with Gasteiger partial charge in [-0.1, -0.05) is 54.6 Å². The first-order chi connectivity index (χ1) is 10.8. The van der Waals surface area contributed by atoms with Crippen LogP contribution in [0.3, 0.4) is 0 Å². The summed E-state index contributed by atoms with van der Waals surface area (Å²) < 4.78 is 0.812. The summed E-state index contributed by atoms with van der Waals surface area (Å²) in [6.07, 6.45) is 2.05. The zero-order valence-corrected chi connectivity index (χ0v) is 17.2. The third-order valence-corrected chi connectivity index (χ3v) is 5.37. The van der Waals surface area contributed by atoms with Gasteiger partial charge in [0, 0.05) is 11.5 Å². The second kappa shape index (κ2) is 7.14. The van der Waals surface area contributed by atoms with E-state index < -0.39 is 5.60 Å². The summed E-state index contributed by atoms with van der Waals surface area (Å²) in [4.78, 5) is 0. The molecule has 3 heteroatoms. The summed E-state index contributed by atoms with van der Waals surface area (Å²) in [5.74, 6) is 0.194. The quantitative estimate of drug-likeness (QED) is 0.559. The van der Waals surface area contributed by atoms with Gasteiger partial charge >= 0.3 is 0 Å². The minimum Gasteiger partial charge on any atom is -1.00 e. The van der Waals surface area contributed by atoms with Crippen molar-refractivity contribution in [3.05, 3.63) is 71.3 Å². The topological polar surface area (TPSA) is 20.2 Å². The molecule has 0 aliphatic heterocycles. The number of aliphatic hydroxyl groups is 1. The van der Waals surface area contributed by atoms with E-state index in [4.69, 9.17) is 0 Å². The average molecular weight is 437 g/mol. The number of nitrogens with zero attached hydrogens (tertiary/aromatic N) is 1. The fourth-order valence-corrected chi connectivity index (χ4v) is 4.36. The Morgan fingerprint density at radius 2 is 1.58 bits per heavy atom. The molecule has 0 amide bonds. The zero-order valence-electron chi connectivity index (χ0n) is 15.0. The van der Waals surface area contributed by atoms with Gasteiger partial charge in [-0.3, -0.25) is 0 Å². The molecule has 24 heavy (non-hydrogen) atoms. The van der Waals surface area contributed by atoms with Crippen molar-refractivity contribution in [1.29, 1.82) is 0 Å². The molecule has 3 rings (SSSR count). The molecule has 2 aromatic carbocycles. The summed E-state index contributed by atoms with van der Waals surface area (Å²) >= 11 is 0. The monoisotopic (exact) mass is 437 g/mol. The zero-order chi connectivity index (χ0) is 16.7. The van der Waals surface area contributed by atoms with Gasteiger partial charge in [-0.05, 0) is 30.9 Å². The highest BCUT2D eigenvalue weighted by molar-refractivity contribution is 5.36. The van der Waals surface area contributed by atoms with Gasteiger partial charge in [0.1, 0.15) is 6.04 Å². The van der Waals surface area contributed by atoms with E-state index in [-0.39, 0.29) is 35.9 Å². The smallest absolute Gasteiger partial charge is 0.120 e. The van der Waals surface area contributed by atoms with Gasteiger partial charge in [0.2, 0.25) is 0 Å². The van der Waals surface area contributed by atoms with Crippen LogP contribution in [0.2, 0.25) is 0 Å². The van der Waals surface area contributed by atoms with Crippen LogP contribution >= 0.6 is 0 Å². The van der Waals surface area contributed by atoms with Crippen LogP contribution in [-0.4, -0.2) is 30.7 Å². The molecular weight excluding hydrogens is 409 g/mol. The molecule has 0 aromatic heterocycles. The molecule has 0 saturated heterocycles. The van der Waals surface area contributed by atoms with Gasteiger partial charge in [0.15, 0.2) is 0 Å². The number of quaternary nitrogens is 1. The van der Waals surface area contributed by atoms with Crippen LogP contribution in [0.1, 0.15) is 36.1 Å². The van der Waals surface area contributed by atoms with Crippen LogP contribution in [0.4, 0.5) is 0 Å². The Morgan fingerprint density at radius 1 is 1.00 bits per heavy atom. The SMILES string of the molecule is C[C@]1(O)c2ccccc2CC[C@H]1[C@H](c1ccccc1)[N+](C)(C)C.[I-]. The molecule has 2 aromatic rings. The summed E-state index contributed by atoms with van der Waals surface area (Å²) in [5, 5.41) is 11.5. The Labute approximate surface area is 163 Å². The maximum Gasteiger partial charge on any atom is 0.120 e. The average Bonchev–Trinajstić information content (AvgIpc) is 2.50. The van der Waals surface area contributed by atoms with Crippen molar-refractivity contribution < 1.29 is 33.6 Å². The lowest BCUT2D eigenvalue weighted by molar-refractivity contribution is -0.908. The van der Waals surface area contributed by atoms with Crippen LogP contribution in [0.25, 0.3) is 0 Å². The molecule has 130 valence electrons. The number of halogens is 1. The van der Waals surface area contributed by atoms with E-state index in [1.54, 1.807) is 0 Å². The Bertz CT molecular complexity index is 676. The lowest BCUT2D eigenvalue weighted by Crippen LogP contribution is -3.00. The Balaban J connectivity index is 0.00000208. The van der Waals surface area contributed by atoms with Crippen molar-refractivity contribution >= 4 is 0 Å². The Hall–Kier alpha value is -0.910. The number of fused-ring (bicyclic) bond motifs is 1. The van der Waals surface area contributed by atoms with Gasteiger partial charge in [0.05, 0.1) is 26.7 Å². The molecule has 3 atom stereocenters. The molecule has 0 saturated carbocycles. The second-order valence-electron chi connectivity index (χ2n) is 7.92. The summed E-state index contributed by atoms with van der Waals surface area (Å²) in [6, 6.07) is 19.3. The van der Waals surface area contributed by atoms with Gasteiger partial charge in [-0.15, -0.1) is 0 Å². The van der Waals surface area contributed by atoms with E-state index in [2.05, 4.69) is 69.7 Å². The van der Waals surface area contributed by atoms with Crippen LogP contribution < -0.4 is 24.0 Å². The molecule has 1 N–H and O–H groups in total. The summed E-state index contributed by atoms with van der Waals surface area (Å²) in [6.45, 7) is 2.00. The minimum atomic E-state index is -0.805. The molecule has 1 aliphatic carbocycles. The van der Waals surface area contributed by atoms with Crippen molar-refractivity contribution in [1.82, 2.24) is 0 Å². The molecule has 0 heterocycles. The fraction of sp³-hybridized carbons (Fsp3) is 0.429. The number of benzene rings is 2. The molecule has 0 bridgehead atoms. The number of aryl methyl sites for hydroxylation is 1. The molecule has 0 spiro atoms.